The molecule has 2 aromatic heterocycles. The number of aryl methyl sites for hydroxylation is 1. The van der Waals surface area contributed by atoms with Gasteiger partial charge in [-0.25, -0.2) is 0 Å². The molecule has 0 aliphatic carbocycles. The van der Waals surface area contributed by atoms with Crippen LogP contribution in [0.3, 0.4) is 0 Å². The summed E-state index contributed by atoms with van der Waals surface area (Å²) in [7, 11) is 0. The second-order valence-electron chi connectivity index (χ2n) is 4.90. The van der Waals surface area contributed by atoms with Crippen molar-refractivity contribution in [3.8, 4) is 0 Å². The second-order valence-corrected chi connectivity index (χ2v) is 4.90. The fraction of sp³-hybridized carbons (Fsp3) is 0.235. The molecular weight excluding hydrogens is 248 g/mol. The lowest BCUT2D eigenvalue weighted by Crippen LogP contribution is -2.22. The molecule has 0 fully saturated rings. The normalized spacial score (nSPS) is 12.7. The molecule has 0 amide bonds. The molecule has 1 aromatic carbocycles. The number of hydrogen-bond donors (Lipinski definition) is 1. The van der Waals surface area contributed by atoms with Crippen LogP contribution in [0, 0.1) is 6.92 Å². The number of rotatable bonds is 4. The van der Waals surface area contributed by atoms with E-state index < -0.39 is 0 Å². The van der Waals surface area contributed by atoms with Crippen LogP contribution in [-0.4, -0.2) is 11.5 Å². The number of pyridine rings is 1. The minimum Gasteiger partial charge on any atom is -0.469 e. The lowest BCUT2D eigenvalue weighted by atomic mass is 9.98. The van der Waals surface area contributed by atoms with Gasteiger partial charge in [-0.2, -0.15) is 0 Å². The van der Waals surface area contributed by atoms with E-state index in [1.165, 1.54) is 5.56 Å². The van der Waals surface area contributed by atoms with Crippen LogP contribution in [0.25, 0.3) is 10.9 Å². The van der Waals surface area contributed by atoms with Gasteiger partial charge in [0.15, 0.2) is 0 Å². The highest BCUT2D eigenvalue weighted by Gasteiger charge is 2.17. The molecule has 0 saturated carbocycles. The zero-order chi connectivity index (χ0) is 13.9. The Kier molecular flexibility index (Phi) is 3.52. The molecule has 0 spiro atoms. The van der Waals surface area contributed by atoms with E-state index in [4.69, 9.17) is 4.42 Å². The zero-order valence-corrected chi connectivity index (χ0v) is 11.8. The Balaban J connectivity index is 2.14. The molecule has 1 N–H and O–H groups in total. The van der Waals surface area contributed by atoms with Gasteiger partial charge in [-0.05, 0) is 31.2 Å². The molecule has 1 unspecified atom stereocenters. The Bertz CT molecular complexity index is 712. The molecule has 1 atom stereocenters. The zero-order valence-electron chi connectivity index (χ0n) is 11.8. The Morgan fingerprint density at radius 1 is 1.25 bits per heavy atom. The number of para-hydroxylation sites is 1. The fourth-order valence-corrected chi connectivity index (χ4v) is 2.59. The van der Waals surface area contributed by atoms with Crippen LogP contribution in [0.5, 0.6) is 0 Å². The van der Waals surface area contributed by atoms with Gasteiger partial charge in [-0.3, -0.25) is 4.98 Å². The topological polar surface area (TPSA) is 38.1 Å². The van der Waals surface area contributed by atoms with Crippen LogP contribution in [0.15, 0.2) is 53.3 Å². The van der Waals surface area contributed by atoms with Crippen LogP contribution >= 0.6 is 0 Å². The molecule has 3 rings (SSSR count). The van der Waals surface area contributed by atoms with E-state index >= 15 is 0 Å². The highest BCUT2D eigenvalue weighted by molar-refractivity contribution is 5.82. The minimum absolute atomic E-state index is 0.107. The molecular formula is C17H18N2O. The van der Waals surface area contributed by atoms with Crippen molar-refractivity contribution in [2.75, 3.05) is 6.54 Å². The molecule has 2 heterocycles. The van der Waals surface area contributed by atoms with Crippen LogP contribution in [0.2, 0.25) is 0 Å². The molecule has 102 valence electrons. The summed E-state index contributed by atoms with van der Waals surface area (Å²) >= 11 is 0. The van der Waals surface area contributed by atoms with Gasteiger partial charge < -0.3 is 9.73 Å². The molecule has 3 heteroatoms. The van der Waals surface area contributed by atoms with Gasteiger partial charge in [-0.15, -0.1) is 0 Å². The van der Waals surface area contributed by atoms with Crippen molar-refractivity contribution in [1.29, 1.82) is 0 Å². The van der Waals surface area contributed by atoms with Gasteiger partial charge in [0.05, 0.1) is 17.8 Å². The average molecular weight is 266 g/mol. The van der Waals surface area contributed by atoms with Gasteiger partial charge in [0.1, 0.15) is 5.76 Å². The molecule has 3 aromatic rings. The highest BCUT2D eigenvalue weighted by atomic mass is 16.3. The van der Waals surface area contributed by atoms with Crippen molar-refractivity contribution in [2.24, 2.45) is 0 Å². The molecule has 0 saturated heterocycles. The third kappa shape index (κ3) is 2.32. The monoisotopic (exact) mass is 266 g/mol. The van der Waals surface area contributed by atoms with Crippen molar-refractivity contribution in [2.45, 2.75) is 19.9 Å². The number of hydrogen-bond acceptors (Lipinski definition) is 3. The third-order valence-corrected chi connectivity index (χ3v) is 3.47. The summed E-state index contributed by atoms with van der Waals surface area (Å²) in [5, 5.41) is 4.68. The highest BCUT2D eigenvalue weighted by Crippen LogP contribution is 2.28. The standard InChI is InChI=1S/C17H18N2O/c1-3-18-17(14-10-12(2)20-11-14)15-8-4-6-13-7-5-9-19-16(13)15/h4-11,17-18H,3H2,1-2H3. The van der Waals surface area contributed by atoms with E-state index in [1.807, 2.05) is 25.5 Å². The first-order valence-electron chi connectivity index (χ1n) is 6.91. The average Bonchev–Trinajstić information content (AvgIpc) is 2.91. The van der Waals surface area contributed by atoms with Crippen molar-refractivity contribution in [1.82, 2.24) is 10.3 Å². The summed E-state index contributed by atoms with van der Waals surface area (Å²) in [5.74, 6) is 0.927. The summed E-state index contributed by atoms with van der Waals surface area (Å²) in [6.45, 7) is 4.96. The summed E-state index contributed by atoms with van der Waals surface area (Å²) in [4.78, 5) is 4.55. The van der Waals surface area contributed by atoms with E-state index in [2.05, 4.69) is 47.6 Å². The molecule has 20 heavy (non-hydrogen) atoms. The van der Waals surface area contributed by atoms with Gasteiger partial charge in [0.2, 0.25) is 0 Å². The maximum Gasteiger partial charge on any atom is 0.101 e. The Morgan fingerprint density at radius 2 is 2.10 bits per heavy atom. The first-order chi connectivity index (χ1) is 9.79. The smallest absolute Gasteiger partial charge is 0.101 e. The Hall–Kier alpha value is -2.13. The Morgan fingerprint density at radius 3 is 2.85 bits per heavy atom. The summed E-state index contributed by atoms with van der Waals surface area (Å²) in [6.07, 6.45) is 3.67. The SMILES string of the molecule is CCNC(c1coc(C)c1)c1cccc2cccnc12. The van der Waals surface area contributed by atoms with Crippen LogP contribution in [0.4, 0.5) is 0 Å². The van der Waals surface area contributed by atoms with E-state index in [0.29, 0.717) is 0 Å². The maximum absolute atomic E-state index is 5.46. The summed E-state index contributed by atoms with van der Waals surface area (Å²) in [6, 6.07) is 12.5. The number of fused-ring (bicyclic) bond motifs is 1. The van der Waals surface area contributed by atoms with E-state index in [1.54, 1.807) is 0 Å². The first kappa shape index (κ1) is 12.9. The van der Waals surface area contributed by atoms with Crippen LogP contribution < -0.4 is 5.32 Å². The number of aromatic nitrogens is 1. The minimum atomic E-state index is 0.107. The lowest BCUT2D eigenvalue weighted by Gasteiger charge is -2.18. The van der Waals surface area contributed by atoms with Crippen molar-refractivity contribution in [3.63, 3.8) is 0 Å². The largest absolute Gasteiger partial charge is 0.469 e. The predicted octanol–water partition coefficient (Wildman–Crippen LogP) is 3.84. The van der Waals surface area contributed by atoms with Crippen molar-refractivity contribution < 1.29 is 4.42 Å². The summed E-state index contributed by atoms with van der Waals surface area (Å²) < 4.78 is 5.46. The number of benzene rings is 1. The molecule has 0 bridgehead atoms. The predicted molar refractivity (Wildman–Crippen MR) is 80.7 cm³/mol. The number of nitrogens with zero attached hydrogens (tertiary/aromatic N) is 1. The van der Waals surface area contributed by atoms with Gasteiger partial charge in [0.25, 0.3) is 0 Å². The van der Waals surface area contributed by atoms with E-state index in [0.717, 1.165) is 28.8 Å². The third-order valence-electron chi connectivity index (χ3n) is 3.47. The van der Waals surface area contributed by atoms with Crippen LogP contribution in [0.1, 0.15) is 29.9 Å². The second kappa shape index (κ2) is 5.47. The van der Waals surface area contributed by atoms with E-state index in [9.17, 15) is 0 Å². The van der Waals surface area contributed by atoms with Gasteiger partial charge >= 0.3 is 0 Å². The first-order valence-corrected chi connectivity index (χ1v) is 6.91. The molecule has 0 aliphatic heterocycles. The van der Waals surface area contributed by atoms with Crippen molar-refractivity contribution >= 4 is 10.9 Å². The van der Waals surface area contributed by atoms with Crippen LogP contribution in [-0.2, 0) is 0 Å². The molecule has 0 aliphatic rings. The van der Waals surface area contributed by atoms with E-state index in [-0.39, 0.29) is 6.04 Å². The molecule has 0 radical (unpaired) electrons. The quantitative estimate of drug-likeness (QED) is 0.779. The fourth-order valence-electron chi connectivity index (χ4n) is 2.59. The Labute approximate surface area is 118 Å². The van der Waals surface area contributed by atoms with Gasteiger partial charge in [-0.1, -0.05) is 31.2 Å². The lowest BCUT2D eigenvalue weighted by molar-refractivity contribution is 0.526. The number of nitrogens with one attached hydrogen (secondary N) is 1. The number of furan rings is 1. The summed E-state index contributed by atoms with van der Waals surface area (Å²) in [5.41, 5.74) is 3.37. The van der Waals surface area contributed by atoms with Gasteiger partial charge in [0, 0.05) is 17.1 Å². The molecule has 3 nitrogen and oxygen atoms in total. The maximum atomic E-state index is 5.46. The van der Waals surface area contributed by atoms with Crippen molar-refractivity contribution in [3.05, 3.63) is 65.7 Å².